The number of carbonyl (C=O) groups is 2. The number of rotatable bonds is 2. The van der Waals surface area contributed by atoms with Crippen molar-refractivity contribution in [3.8, 4) is 5.75 Å². The van der Waals surface area contributed by atoms with Gasteiger partial charge in [0.25, 0.3) is 0 Å². The summed E-state index contributed by atoms with van der Waals surface area (Å²) < 4.78 is 18.4. The standard InChI is InChI=1S/C9H7FN2O5/c1-15-6-4-2-3-5(10)7(6)12-11-16-8(13)9(14)17-12/h2-4,11H,1H3. The maximum Gasteiger partial charge on any atom is 0.444 e. The first-order chi connectivity index (χ1) is 8.13. The molecule has 0 spiro atoms. The van der Waals surface area contributed by atoms with Gasteiger partial charge in [-0.1, -0.05) is 11.2 Å². The summed E-state index contributed by atoms with van der Waals surface area (Å²) >= 11 is 0. The van der Waals surface area contributed by atoms with E-state index < -0.39 is 17.8 Å². The Bertz CT molecular complexity index is 478. The fourth-order valence-electron chi connectivity index (χ4n) is 1.21. The van der Waals surface area contributed by atoms with Gasteiger partial charge in [0.05, 0.1) is 7.11 Å². The van der Waals surface area contributed by atoms with E-state index in [0.717, 1.165) is 6.07 Å². The zero-order valence-electron chi connectivity index (χ0n) is 8.60. The van der Waals surface area contributed by atoms with Crippen LogP contribution in [0.1, 0.15) is 0 Å². The third-order valence-corrected chi connectivity index (χ3v) is 1.93. The van der Waals surface area contributed by atoms with Gasteiger partial charge in [-0.3, -0.25) is 0 Å². The van der Waals surface area contributed by atoms with Gasteiger partial charge in [-0.15, -0.1) is 0 Å². The molecule has 1 saturated heterocycles. The number of ether oxygens (including phenoxy) is 1. The fourth-order valence-corrected chi connectivity index (χ4v) is 1.21. The minimum Gasteiger partial charge on any atom is -0.494 e. The number of methoxy groups -OCH3 is 1. The number of hydrazine groups is 1. The van der Waals surface area contributed by atoms with Crippen molar-refractivity contribution in [2.75, 3.05) is 12.3 Å². The van der Waals surface area contributed by atoms with Crippen molar-refractivity contribution in [3.05, 3.63) is 24.0 Å². The molecule has 1 aliphatic heterocycles. The van der Waals surface area contributed by atoms with Gasteiger partial charge in [0.2, 0.25) is 0 Å². The second-order valence-electron chi connectivity index (χ2n) is 2.94. The lowest BCUT2D eigenvalue weighted by atomic mass is 10.3. The zero-order chi connectivity index (χ0) is 12.4. The molecule has 1 fully saturated rings. The minimum absolute atomic E-state index is 0.100. The average molecular weight is 242 g/mol. The second kappa shape index (κ2) is 4.26. The summed E-state index contributed by atoms with van der Waals surface area (Å²) in [5.74, 6) is -3.11. The third-order valence-electron chi connectivity index (χ3n) is 1.93. The van der Waals surface area contributed by atoms with Gasteiger partial charge >= 0.3 is 11.9 Å². The lowest BCUT2D eigenvalue weighted by Crippen LogP contribution is -2.50. The number of carbonyl (C=O) groups excluding carboxylic acids is 2. The molecule has 0 aromatic heterocycles. The number of halogens is 1. The molecule has 8 heteroatoms. The van der Waals surface area contributed by atoms with Crippen molar-refractivity contribution in [1.29, 1.82) is 0 Å². The first-order valence-corrected chi connectivity index (χ1v) is 4.45. The van der Waals surface area contributed by atoms with Crippen LogP contribution in [0.3, 0.4) is 0 Å². The molecule has 0 saturated carbocycles. The number of hydrogen-bond acceptors (Lipinski definition) is 7. The lowest BCUT2D eigenvalue weighted by molar-refractivity contribution is -0.192. The third kappa shape index (κ3) is 1.97. The summed E-state index contributed by atoms with van der Waals surface area (Å²) in [6.07, 6.45) is 0. The van der Waals surface area contributed by atoms with Gasteiger partial charge < -0.3 is 14.4 Å². The van der Waals surface area contributed by atoms with Crippen LogP contribution in [0.25, 0.3) is 0 Å². The molecule has 1 aromatic rings. The smallest absolute Gasteiger partial charge is 0.444 e. The van der Waals surface area contributed by atoms with Crippen molar-refractivity contribution in [2.24, 2.45) is 0 Å². The highest BCUT2D eigenvalue weighted by atomic mass is 19.1. The Labute approximate surface area is 94.5 Å². The SMILES string of the molecule is COc1cccc(F)c1N1NOC(=O)C(=O)O1. The predicted octanol–water partition coefficient (Wildman–Crippen LogP) is 0.0753. The molecule has 0 radical (unpaired) electrons. The van der Waals surface area contributed by atoms with Crippen LogP contribution in [0.4, 0.5) is 10.1 Å². The topological polar surface area (TPSA) is 77.1 Å². The maximum atomic E-state index is 13.6. The zero-order valence-corrected chi connectivity index (χ0v) is 8.60. The molecule has 17 heavy (non-hydrogen) atoms. The van der Waals surface area contributed by atoms with Crippen molar-refractivity contribution in [2.45, 2.75) is 0 Å². The van der Waals surface area contributed by atoms with E-state index >= 15 is 0 Å². The molecule has 2 rings (SSSR count). The Kier molecular flexibility index (Phi) is 2.79. The second-order valence-corrected chi connectivity index (χ2v) is 2.94. The van der Waals surface area contributed by atoms with Crippen LogP contribution in [0.5, 0.6) is 5.75 Å². The van der Waals surface area contributed by atoms with Crippen LogP contribution >= 0.6 is 0 Å². The largest absolute Gasteiger partial charge is 0.494 e. The fraction of sp³-hybridized carbons (Fsp3) is 0.111. The minimum atomic E-state index is -1.27. The van der Waals surface area contributed by atoms with E-state index in [2.05, 4.69) is 9.68 Å². The summed E-state index contributed by atoms with van der Waals surface area (Å²) in [6.45, 7) is 0. The van der Waals surface area contributed by atoms with Gasteiger partial charge in [-0.05, 0) is 17.7 Å². The van der Waals surface area contributed by atoms with E-state index in [1.807, 2.05) is 5.59 Å². The maximum absolute atomic E-state index is 13.6. The predicted molar refractivity (Wildman–Crippen MR) is 50.8 cm³/mol. The van der Waals surface area contributed by atoms with Crippen molar-refractivity contribution in [3.63, 3.8) is 0 Å². The molecule has 0 atom stereocenters. The van der Waals surface area contributed by atoms with Crippen LogP contribution in [0.15, 0.2) is 18.2 Å². The van der Waals surface area contributed by atoms with Gasteiger partial charge in [-0.25, -0.2) is 14.0 Å². The Morgan fingerprint density at radius 3 is 2.76 bits per heavy atom. The van der Waals surface area contributed by atoms with Gasteiger partial charge in [0, 0.05) is 0 Å². The number of nitrogens with one attached hydrogen (secondary N) is 1. The summed E-state index contributed by atoms with van der Waals surface area (Å²) in [4.78, 5) is 30.4. The molecule has 1 N–H and O–H groups in total. The molecule has 0 unspecified atom stereocenters. The molecule has 0 amide bonds. The van der Waals surface area contributed by atoms with Crippen molar-refractivity contribution in [1.82, 2.24) is 5.59 Å². The van der Waals surface area contributed by atoms with Crippen LogP contribution in [0.2, 0.25) is 0 Å². The number of para-hydroxylation sites is 1. The van der Waals surface area contributed by atoms with Crippen LogP contribution in [-0.2, 0) is 19.3 Å². The highest BCUT2D eigenvalue weighted by molar-refractivity contribution is 6.30. The van der Waals surface area contributed by atoms with Gasteiger partial charge in [0.1, 0.15) is 5.75 Å². The number of anilines is 1. The van der Waals surface area contributed by atoms with Crippen molar-refractivity contribution >= 4 is 17.6 Å². The van der Waals surface area contributed by atoms with E-state index in [1.54, 1.807) is 0 Å². The van der Waals surface area contributed by atoms with Crippen LogP contribution in [-0.4, -0.2) is 19.0 Å². The van der Waals surface area contributed by atoms with Crippen molar-refractivity contribution < 1.29 is 28.4 Å². The summed E-state index contributed by atoms with van der Waals surface area (Å²) in [5.41, 5.74) is 1.74. The highest BCUT2D eigenvalue weighted by Crippen LogP contribution is 2.30. The highest BCUT2D eigenvalue weighted by Gasteiger charge is 2.32. The van der Waals surface area contributed by atoms with Crippen LogP contribution in [0, 0.1) is 5.82 Å². The Balaban J connectivity index is 2.34. The Morgan fingerprint density at radius 2 is 2.12 bits per heavy atom. The Hall–Kier alpha value is -2.35. The first-order valence-electron chi connectivity index (χ1n) is 4.45. The summed E-state index contributed by atoms with van der Waals surface area (Å²) in [6, 6.07) is 3.99. The Morgan fingerprint density at radius 1 is 1.35 bits per heavy atom. The lowest BCUT2D eigenvalue weighted by Gasteiger charge is -2.26. The molecule has 1 aromatic carbocycles. The number of hydrogen-bond donors (Lipinski definition) is 1. The molecule has 0 bridgehead atoms. The molecule has 1 heterocycles. The van der Waals surface area contributed by atoms with E-state index in [1.165, 1.54) is 19.2 Å². The van der Waals surface area contributed by atoms with Gasteiger partial charge in [0.15, 0.2) is 11.5 Å². The molecule has 7 nitrogen and oxygen atoms in total. The average Bonchev–Trinajstić information content (AvgIpc) is 2.32. The van der Waals surface area contributed by atoms with E-state index in [4.69, 9.17) is 4.74 Å². The molecule has 1 aliphatic rings. The quantitative estimate of drug-likeness (QED) is 0.735. The molecule has 0 aliphatic carbocycles. The number of benzene rings is 1. The van der Waals surface area contributed by atoms with E-state index in [0.29, 0.717) is 5.17 Å². The van der Waals surface area contributed by atoms with E-state index in [-0.39, 0.29) is 11.4 Å². The summed E-state index contributed by atoms with van der Waals surface area (Å²) in [7, 11) is 1.32. The molecular formula is C9H7FN2O5. The molecular weight excluding hydrogens is 235 g/mol. The normalized spacial score (nSPS) is 15.3. The van der Waals surface area contributed by atoms with Crippen LogP contribution < -0.4 is 15.5 Å². The summed E-state index contributed by atoms with van der Waals surface area (Å²) in [5, 5.41) is 0.567. The van der Waals surface area contributed by atoms with E-state index in [9.17, 15) is 14.0 Å². The number of nitrogens with zero attached hydrogens (tertiary/aromatic N) is 1. The first kappa shape index (κ1) is 11.1. The molecule has 90 valence electrons. The van der Waals surface area contributed by atoms with Gasteiger partial charge in [-0.2, -0.15) is 0 Å². The monoisotopic (exact) mass is 242 g/mol.